The van der Waals surface area contributed by atoms with Gasteiger partial charge in [0.15, 0.2) is 0 Å². The fraction of sp³-hybridized carbons (Fsp3) is 0.583. The Balaban J connectivity index is 0.00000162. The SMILES string of the molecule is CC(C(=O)N1CCNC[C@@H]1C)c1ccc(Br)s1.Cl. The lowest BCUT2D eigenvalue weighted by Crippen LogP contribution is -2.53. The highest BCUT2D eigenvalue weighted by molar-refractivity contribution is 9.11. The predicted molar refractivity (Wildman–Crippen MR) is 81.7 cm³/mol. The fourth-order valence-corrected chi connectivity index (χ4v) is 3.57. The van der Waals surface area contributed by atoms with Crippen LogP contribution in [-0.2, 0) is 4.79 Å². The lowest BCUT2D eigenvalue weighted by molar-refractivity contribution is -0.135. The summed E-state index contributed by atoms with van der Waals surface area (Å²) in [6, 6.07) is 4.33. The largest absolute Gasteiger partial charge is 0.337 e. The summed E-state index contributed by atoms with van der Waals surface area (Å²) in [5.41, 5.74) is 0. The first-order valence-electron chi connectivity index (χ1n) is 5.86. The first-order chi connectivity index (χ1) is 8.09. The summed E-state index contributed by atoms with van der Waals surface area (Å²) < 4.78 is 1.08. The van der Waals surface area contributed by atoms with Crippen molar-refractivity contribution in [1.82, 2.24) is 10.2 Å². The van der Waals surface area contributed by atoms with Gasteiger partial charge in [0.2, 0.25) is 5.91 Å². The first kappa shape index (κ1) is 16.0. The van der Waals surface area contributed by atoms with Crippen molar-refractivity contribution in [3.8, 4) is 0 Å². The van der Waals surface area contributed by atoms with Crippen molar-refractivity contribution < 1.29 is 4.79 Å². The zero-order valence-corrected chi connectivity index (χ0v) is 13.7. The summed E-state index contributed by atoms with van der Waals surface area (Å²) >= 11 is 5.08. The molecule has 1 amide bonds. The smallest absolute Gasteiger partial charge is 0.230 e. The molecule has 1 aromatic heterocycles. The van der Waals surface area contributed by atoms with E-state index in [0.717, 1.165) is 28.3 Å². The Kier molecular flexibility index (Phi) is 6.11. The number of halogens is 2. The molecule has 1 fully saturated rings. The van der Waals surface area contributed by atoms with Gasteiger partial charge in [0.25, 0.3) is 0 Å². The standard InChI is InChI=1S/C12H17BrN2OS.ClH/c1-8-7-14-5-6-15(8)12(16)9(2)10-3-4-11(13)17-10;/h3-4,8-9,14H,5-7H2,1-2H3;1H/t8-,9?;/m0./s1. The number of carbonyl (C=O) groups excluding carboxylic acids is 1. The number of hydrogen-bond acceptors (Lipinski definition) is 3. The minimum absolute atomic E-state index is 0. The number of rotatable bonds is 2. The van der Waals surface area contributed by atoms with Crippen LogP contribution in [0.15, 0.2) is 15.9 Å². The molecule has 2 rings (SSSR count). The van der Waals surface area contributed by atoms with Crippen LogP contribution in [0.4, 0.5) is 0 Å². The van der Waals surface area contributed by atoms with E-state index in [9.17, 15) is 4.79 Å². The van der Waals surface area contributed by atoms with E-state index in [4.69, 9.17) is 0 Å². The van der Waals surface area contributed by atoms with E-state index in [2.05, 4.69) is 28.2 Å². The number of nitrogens with one attached hydrogen (secondary N) is 1. The number of carbonyl (C=O) groups is 1. The number of piperazine rings is 1. The molecule has 0 saturated carbocycles. The molecule has 0 aromatic carbocycles. The maximum atomic E-state index is 12.4. The van der Waals surface area contributed by atoms with Crippen LogP contribution in [0.1, 0.15) is 24.6 Å². The molecule has 1 unspecified atom stereocenters. The van der Waals surface area contributed by atoms with Crippen molar-refractivity contribution in [3.05, 3.63) is 20.8 Å². The lowest BCUT2D eigenvalue weighted by atomic mass is 10.1. The monoisotopic (exact) mass is 352 g/mol. The van der Waals surface area contributed by atoms with Gasteiger partial charge in [-0.05, 0) is 41.9 Å². The van der Waals surface area contributed by atoms with Gasteiger partial charge in [0, 0.05) is 30.6 Å². The van der Waals surface area contributed by atoms with Crippen LogP contribution in [0.3, 0.4) is 0 Å². The van der Waals surface area contributed by atoms with Gasteiger partial charge in [0.05, 0.1) is 9.70 Å². The minimum atomic E-state index is -0.0353. The van der Waals surface area contributed by atoms with Crippen LogP contribution in [0.25, 0.3) is 0 Å². The Morgan fingerprint density at radius 2 is 2.33 bits per heavy atom. The molecule has 1 aliphatic heterocycles. The van der Waals surface area contributed by atoms with Crippen LogP contribution in [-0.4, -0.2) is 36.5 Å². The van der Waals surface area contributed by atoms with Crippen molar-refractivity contribution in [2.45, 2.75) is 25.8 Å². The number of nitrogens with zero attached hydrogens (tertiary/aromatic N) is 1. The maximum Gasteiger partial charge on any atom is 0.230 e. The van der Waals surface area contributed by atoms with Gasteiger partial charge in [-0.3, -0.25) is 4.79 Å². The van der Waals surface area contributed by atoms with Crippen LogP contribution in [0.5, 0.6) is 0 Å². The van der Waals surface area contributed by atoms with E-state index < -0.39 is 0 Å². The molecule has 2 atom stereocenters. The summed E-state index contributed by atoms with van der Waals surface area (Å²) in [4.78, 5) is 15.5. The molecule has 0 spiro atoms. The first-order valence-corrected chi connectivity index (χ1v) is 7.47. The Hall–Kier alpha value is -0.100. The highest BCUT2D eigenvalue weighted by atomic mass is 79.9. The van der Waals surface area contributed by atoms with Crippen molar-refractivity contribution in [1.29, 1.82) is 0 Å². The van der Waals surface area contributed by atoms with Gasteiger partial charge in [-0.25, -0.2) is 0 Å². The van der Waals surface area contributed by atoms with Crippen LogP contribution >= 0.6 is 39.7 Å². The minimum Gasteiger partial charge on any atom is -0.337 e. The molecule has 0 bridgehead atoms. The van der Waals surface area contributed by atoms with E-state index >= 15 is 0 Å². The molecule has 1 aromatic rings. The number of hydrogen-bond donors (Lipinski definition) is 1. The van der Waals surface area contributed by atoms with E-state index in [1.165, 1.54) is 0 Å². The molecule has 18 heavy (non-hydrogen) atoms. The van der Waals surface area contributed by atoms with Crippen LogP contribution in [0, 0.1) is 0 Å². The second-order valence-corrected chi connectivity index (χ2v) is 6.94. The van der Waals surface area contributed by atoms with Gasteiger partial charge in [-0.2, -0.15) is 0 Å². The molecule has 1 saturated heterocycles. The summed E-state index contributed by atoms with van der Waals surface area (Å²) in [7, 11) is 0. The van der Waals surface area contributed by atoms with E-state index in [-0.39, 0.29) is 24.2 Å². The van der Waals surface area contributed by atoms with E-state index in [0.29, 0.717) is 6.04 Å². The number of amides is 1. The molecule has 1 aliphatic rings. The Morgan fingerprint density at radius 1 is 1.61 bits per heavy atom. The van der Waals surface area contributed by atoms with Gasteiger partial charge in [-0.1, -0.05) is 0 Å². The molecule has 2 heterocycles. The maximum absolute atomic E-state index is 12.4. The van der Waals surface area contributed by atoms with Crippen molar-refractivity contribution in [3.63, 3.8) is 0 Å². The third-order valence-corrected chi connectivity index (χ3v) is 4.98. The highest BCUT2D eigenvalue weighted by Gasteiger charge is 2.28. The van der Waals surface area contributed by atoms with E-state index in [1.54, 1.807) is 11.3 Å². The van der Waals surface area contributed by atoms with Gasteiger partial charge < -0.3 is 10.2 Å². The van der Waals surface area contributed by atoms with Crippen LogP contribution in [0.2, 0.25) is 0 Å². The molecule has 1 N–H and O–H groups in total. The topological polar surface area (TPSA) is 32.3 Å². The summed E-state index contributed by atoms with van der Waals surface area (Å²) in [6.07, 6.45) is 0. The highest BCUT2D eigenvalue weighted by Crippen LogP contribution is 2.30. The van der Waals surface area contributed by atoms with Crippen molar-refractivity contribution in [2.75, 3.05) is 19.6 Å². The van der Waals surface area contributed by atoms with Gasteiger partial charge >= 0.3 is 0 Å². The normalized spacial score (nSPS) is 21.3. The molecule has 3 nitrogen and oxygen atoms in total. The summed E-state index contributed by atoms with van der Waals surface area (Å²) in [5.74, 6) is 0.209. The zero-order valence-electron chi connectivity index (χ0n) is 10.5. The van der Waals surface area contributed by atoms with E-state index in [1.807, 2.05) is 24.0 Å². The molecule has 6 heteroatoms. The van der Waals surface area contributed by atoms with Gasteiger partial charge in [0.1, 0.15) is 0 Å². The predicted octanol–water partition coefficient (Wildman–Crippen LogP) is 2.86. The average Bonchev–Trinajstić information content (AvgIpc) is 2.75. The van der Waals surface area contributed by atoms with Crippen LogP contribution < -0.4 is 5.32 Å². The Morgan fingerprint density at radius 3 is 2.89 bits per heavy atom. The fourth-order valence-electron chi connectivity index (χ4n) is 2.10. The summed E-state index contributed by atoms with van der Waals surface area (Å²) in [6.45, 7) is 6.71. The molecule has 102 valence electrons. The second-order valence-electron chi connectivity index (χ2n) is 4.45. The Bertz CT molecular complexity index is 413. The summed E-state index contributed by atoms with van der Waals surface area (Å²) in [5, 5.41) is 3.30. The zero-order chi connectivity index (χ0) is 12.4. The number of thiophene rings is 1. The third kappa shape index (κ3) is 3.47. The second kappa shape index (κ2) is 6.89. The van der Waals surface area contributed by atoms with Gasteiger partial charge in [-0.15, -0.1) is 23.7 Å². The quantitative estimate of drug-likeness (QED) is 0.886. The van der Waals surface area contributed by atoms with Crippen molar-refractivity contribution >= 4 is 45.6 Å². The molecule has 0 aliphatic carbocycles. The average molecular weight is 354 g/mol. The molecule has 0 radical (unpaired) electrons. The third-order valence-electron chi connectivity index (χ3n) is 3.18. The molecular formula is C12H18BrClN2OS. The van der Waals surface area contributed by atoms with Crippen molar-refractivity contribution in [2.24, 2.45) is 0 Å². The lowest BCUT2D eigenvalue weighted by Gasteiger charge is -2.35. The Labute approximate surface area is 126 Å². The molecular weight excluding hydrogens is 336 g/mol.